The van der Waals surface area contributed by atoms with Crippen molar-refractivity contribution in [3.8, 4) is 6.07 Å². The summed E-state index contributed by atoms with van der Waals surface area (Å²) in [4.78, 5) is 2.40. The fourth-order valence-corrected chi connectivity index (χ4v) is 2.70. The first-order valence-corrected chi connectivity index (χ1v) is 6.93. The average molecular weight is 293 g/mol. The van der Waals surface area contributed by atoms with Crippen LogP contribution in [-0.4, -0.2) is 24.5 Å². The summed E-state index contributed by atoms with van der Waals surface area (Å²) >= 11 is 3.47. The van der Waals surface area contributed by atoms with Crippen molar-refractivity contribution in [1.82, 2.24) is 4.90 Å². The minimum absolute atomic E-state index is 0.656. The maximum absolute atomic E-state index is 8.57. The van der Waals surface area contributed by atoms with Gasteiger partial charge in [0.2, 0.25) is 0 Å². The van der Waals surface area contributed by atoms with Gasteiger partial charge in [-0.2, -0.15) is 5.26 Å². The molecule has 0 aromatic heterocycles. The number of halogens is 1. The Kier molecular flexibility index (Phi) is 4.58. The molecule has 1 fully saturated rings. The molecule has 3 heteroatoms. The van der Waals surface area contributed by atoms with Crippen molar-refractivity contribution in [2.45, 2.75) is 25.2 Å². The fourth-order valence-electron chi connectivity index (χ4n) is 2.43. The number of benzene rings is 1. The van der Waals surface area contributed by atoms with E-state index >= 15 is 0 Å². The summed E-state index contributed by atoms with van der Waals surface area (Å²) in [5.74, 6) is 0.696. The Morgan fingerprint density at radius 1 is 1.24 bits per heavy atom. The Balaban J connectivity index is 1.87. The standard InChI is InChI=1S/C14H17BrN2/c15-14-4-2-12(3-5-14)13-6-10-17(11-7-13)9-1-8-16/h2-5,13H,1,6-7,9-11H2. The summed E-state index contributed by atoms with van der Waals surface area (Å²) in [5.41, 5.74) is 1.45. The topological polar surface area (TPSA) is 27.0 Å². The summed E-state index contributed by atoms with van der Waals surface area (Å²) < 4.78 is 1.15. The molecule has 0 saturated carbocycles. The van der Waals surface area contributed by atoms with Gasteiger partial charge in [-0.25, -0.2) is 0 Å². The summed E-state index contributed by atoms with van der Waals surface area (Å²) in [6.07, 6.45) is 3.09. The third-order valence-electron chi connectivity index (χ3n) is 3.47. The average Bonchev–Trinajstić information content (AvgIpc) is 2.38. The summed E-state index contributed by atoms with van der Waals surface area (Å²) in [7, 11) is 0. The van der Waals surface area contributed by atoms with Crippen LogP contribution in [0.15, 0.2) is 28.7 Å². The predicted molar refractivity (Wildman–Crippen MR) is 72.8 cm³/mol. The van der Waals surface area contributed by atoms with Crippen LogP contribution in [0.1, 0.15) is 30.7 Å². The normalized spacial score (nSPS) is 17.9. The molecule has 0 atom stereocenters. The monoisotopic (exact) mass is 292 g/mol. The lowest BCUT2D eigenvalue weighted by molar-refractivity contribution is 0.216. The molecule has 1 aromatic rings. The molecular weight excluding hydrogens is 276 g/mol. The van der Waals surface area contributed by atoms with Crippen molar-refractivity contribution >= 4 is 15.9 Å². The van der Waals surface area contributed by atoms with Gasteiger partial charge in [0, 0.05) is 17.4 Å². The van der Waals surface area contributed by atoms with E-state index in [1.807, 2.05) is 0 Å². The van der Waals surface area contributed by atoms with Gasteiger partial charge in [-0.3, -0.25) is 0 Å². The molecule has 0 bridgehead atoms. The molecule has 0 radical (unpaired) electrons. The molecule has 1 heterocycles. The van der Waals surface area contributed by atoms with E-state index in [1.54, 1.807) is 0 Å². The van der Waals surface area contributed by atoms with Crippen LogP contribution < -0.4 is 0 Å². The summed E-state index contributed by atoms with van der Waals surface area (Å²) in [6, 6.07) is 10.9. The molecule has 0 unspecified atom stereocenters. The Morgan fingerprint density at radius 2 is 1.88 bits per heavy atom. The Morgan fingerprint density at radius 3 is 2.47 bits per heavy atom. The van der Waals surface area contributed by atoms with E-state index < -0.39 is 0 Å². The van der Waals surface area contributed by atoms with Crippen LogP contribution in [0.4, 0.5) is 0 Å². The Bertz CT molecular complexity index is 386. The second kappa shape index (κ2) is 6.18. The molecule has 0 aliphatic carbocycles. The number of likely N-dealkylation sites (tertiary alicyclic amines) is 1. The lowest BCUT2D eigenvalue weighted by Crippen LogP contribution is -2.33. The molecule has 2 nitrogen and oxygen atoms in total. The minimum atomic E-state index is 0.656. The van der Waals surface area contributed by atoms with Crippen molar-refractivity contribution in [2.24, 2.45) is 0 Å². The zero-order valence-electron chi connectivity index (χ0n) is 9.90. The number of piperidine rings is 1. The van der Waals surface area contributed by atoms with Crippen LogP contribution in [-0.2, 0) is 0 Å². The van der Waals surface area contributed by atoms with E-state index in [4.69, 9.17) is 5.26 Å². The van der Waals surface area contributed by atoms with Crippen LogP contribution >= 0.6 is 15.9 Å². The maximum Gasteiger partial charge on any atom is 0.0635 e. The predicted octanol–water partition coefficient (Wildman–Crippen LogP) is 3.54. The van der Waals surface area contributed by atoms with Gasteiger partial charge in [-0.1, -0.05) is 28.1 Å². The first kappa shape index (κ1) is 12.6. The minimum Gasteiger partial charge on any atom is -0.302 e. The van der Waals surface area contributed by atoms with Crippen molar-refractivity contribution in [3.63, 3.8) is 0 Å². The van der Waals surface area contributed by atoms with E-state index in [0.717, 1.165) is 24.1 Å². The summed E-state index contributed by atoms with van der Waals surface area (Å²) in [5, 5.41) is 8.57. The molecule has 1 aromatic carbocycles. The van der Waals surface area contributed by atoms with Crippen LogP contribution in [0.3, 0.4) is 0 Å². The number of nitriles is 1. The van der Waals surface area contributed by atoms with Gasteiger partial charge in [-0.15, -0.1) is 0 Å². The van der Waals surface area contributed by atoms with E-state index in [9.17, 15) is 0 Å². The molecular formula is C14H17BrN2. The molecule has 0 amide bonds. The molecule has 0 spiro atoms. The van der Waals surface area contributed by atoms with Crippen LogP contribution in [0.5, 0.6) is 0 Å². The highest BCUT2D eigenvalue weighted by Crippen LogP contribution is 2.28. The van der Waals surface area contributed by atoms with Gasteiger partial charge in [0.05, 0.1) is 6.07 Å². The molecule has 0 N–H and O–H groups in total. The molecule has 1 aliphatic rings. The number of rotatable bonds is 3. The van der Waals surface area contributed by atoms with Gasteiger partial charge in [0.1, 0.15) is 0 Å². The van der Waals surface area contributed by atoms with Crippen molar-refractivity contribution in [1.29, 1.82) is 5.26 Å². The SMILES string of the molecule is N#CCCN1CCC(c2ccc(Br)cc2)CC1. The highest BCUT2D eigenvalue weighted by molar-refractivity contribution is 9.10. The Hall–Kier alpha value is -0.850. The highest BCUT2D eigenvalue weighted by atomic mass is 79.9. The maximum atomic E-state index is 8.57. The van der Waals surface area contributed by atoms with Gasteiger partial charge in [0.25, 0.3) is 0 Å². The van der Waals surface area contributed by atoms with E-state index in [-0.39, 0.29) is 0 Å². The van der Waals surface area contributed by atoms with E-state index in [0.29, 0.717) is 12.3 Å². The van der Waals surface area contributed by atoms with Crippen LogP contribution in [0, 0.1) is 11.3 Å². The summed E-state index contributed by atoms with van der Waals surface area (Å²) in [6.45, 7) is 3.19. The largest absolute Gasteiger partial charge is 0.302 e. The molecule has 90 valence electrons. The lowest BCUT2D eigenvalue weighted by atomic mass is 9.89. The number of nitrogens with zero attached hydrogens (tertiary/aromatic N) is 2. The van der Waals surface area contributed by atoms with Crippen LogP contribution in [0.2, 0.25) is 0 Å². The van der Waals surface area contributed by atoms with Gasteiger partial charge >= 0.3 is 0 Å². The molecule has 1 aliphatic heterocycles. The Labute approximate surface area is 111 Å². The smallest absolute Gasteiger partial charge is 0.0635 e. The lowest BCUT2D eigenvalue weighted by Gasteiger charge is -2.31. The fraction of sp³-hybridized carbons (Fsp3) is 0.500. The first-order valence-electron chi connectivity index (χ1n) is 6.14. The van der Waals surface area contributed by atoms with Gasteiger partial charge in [-0.05, 0) is 49.5 Å². The second-order valence-electron chi connectivity index (χ2n) is 4.58. The zero-order valence-corrected chi connectivity index (χ0v) is 11.5. The van der Waals surface area contributed by atoms with E-state index in [1.165, 1.54) is 18.4 Å². The third kappa shape index (κ3) is 3.55. The first-order chi connectivity index (χ1) is 8.29. The quantitative estimate of drug-likeness (QED) is 0.852. The van der Waals surface area contributed by atoms with Gasteiger partial charge in [0.15, 0.2) is 0 Å². The van der Waals surface area contributed by atoms with E-state index in [2.05, 4.69) is 51.2 Å². The van der Waals surface area contributed by atoms with Crippen molar-refractivity contribution in [3.05, 3.63) is 34.3 Å². The number of hydrogen-bond donors (Lipinski definition) is 0. The second-order valence-corrected chi connectivity index (χ2v) is 5.49. The van der Waals surface area contributed by atoms with Gasteiger partial charge < -0.3 is 4.90 Å². The third-order valence-corrected chi connectivity index (χ3v) is 4.00. The van der Waals surface area contributed by atoms with Crippen LogP contribution in [0.25, 0.3) is 0 Å². The van der Waals surface area contributed by atoms with Crippen molar-refractivity contribution in [2.75, 3.05) is 19.6 Å². The number of hydrogen-bond acceptors (Lipinski definition) is 2. The molecule has 1 saturated heterocycles. The highest BCUT2D eigenvalue weighted by Gasteiger charge is 2.19. The zero-order chi connectivity index (χ0) is 12.1. The molecule has 17 heavy (non-hydrogen) atoms. The molecule has 2 rings (SSSR count). The van der Waals surface area contributed by atoms with Crippen molar-refractivity contribution < 1.29 is 0 Å².